The molecule has 0 aliphatic heterocycles. The molecular weight excluding hydrogens is 337 g/mol. The molecule has 0 atom stereocenters. The monoisotopic (exact) mass is 357 g/mol. The molecule has 0 bridgehead atoms. The maximum atomic E-state index is 14.5. The zero-order chi connectivity index (χ0) is 18.7. The van der Waals surface area contributed by atoms with Crippen molar-refractivity contribution in [2.75, 3.05) is 12.4 Å². The van der Waals surface area contributed by atoms with Crippen molar-refractivity contribution in [2.24, 2.45) is 0 Å². The predicted molar refractivity (Wildman–Crippen MR) is 95.8 cm³/mol. The van der Waals surface area contributed by atoms with Crippen molar-refractivity contribution in [3.8, 4) is 0 Å². The number of hydrogen-bond acceptors (Lipinski definition) is 3. The molecule has 2 aliphatic carbocycles. The van der Waals surface area contributed by atoms with Gasteiger partial charge in [0.05, 0.1) is 18.6 Å². The number of rotatable bonds is 5. The lowest BCUT2D eigenvalue weighted by molar-refractivity contribution is -0.133. The highest BCUT2D eigenvalue weighted by atomic mass is 19.1. The maximum absolute atomic E-state index is 14.5. The molecule has 0 radical (unpaired) electrons. The zero-order valence-electron chi connectivity index (χ0n) is 14.5. The number of carbonyl (C=O) groups excluding carboxylic acids is 1. The molecule has 1 amide bonds. The van der Waals surface area contributed by atoms with Gasteiger partial charge in [-0.1, -0.05) is 12.1 Å². The number of amides is 1. The van der Waals surface area contributed by atoms with E-state index in [0.29, 0.717) is 24.8 Å². The summed E-state index contributed by atoms with van der Waals surface area (Å²) in [6.07, 6.45) is 6.90. The van der Waals surface area contributed by atoms with E-state index in [2.05, 4.69) is 5.32 Å². The van der Waals surface area contributed by atoms with Crippen LogP contribution in [0, 0.1) is 5.82 Å². The normalized spacial score (nSPS) is 16.8. The molecule has 3 rings (SSSR count). The number of anilines is 1. The number of carboxylic acid groups (broad SMARTS) is 1. The Morgan fingerprint density at radius 2 is 1.96 bits per heavy atom. The number of benzene rings is 1. The topological polar surface area (TPSA) is 75.6 Å². The van der Waals surface area contributed by atoms with Crippen LogP contribution in [-0.2, 0) is 14.3 Å². The number of nitrogens with one attached hydrogen (secondary N) is 1. The van der Waals surface area contributed by atoms with E-state index in [9.17, 15) is 14.0 Å². The summed E-state index contributed by atoms with van der Waals surface area (Å²) in [4.78, 5) is 23.5. The van der Waals surface area contributed by atoms with Crippen LogP contribution in [0.4, 0.5) is 10.1 Å². The highest BCUT2D eigenvalue weighted by molar-refractivity contribution is 6.09. The van der Waals surface area contributed by atoms with Gasteiger partial charge in [-0.05, 0) is 55.0 Å². The number of hydrogen-bond donors (Lipinski definition) is 2. The fourth-order valence-electron chi connectivity index (χ4n) is 3.26. The van der Waals surface area contributed by atoms with E-state index in [0.717, 1.165) is 24.2 Å². The van der Waals surface area contributed by atoms with Crippen molar-refractivity contribution in [1.29, 1.82) is 0 Å². The predicted octanol–water partition coefficient (Wildman–Crippen LogP) is 4.04. The summed E-state index contributed by atoms with van der Waals surface area (Å²) in [5.74, 6) is -1.36. The van der Waals surface area contributed by atoms with Crippen LogP contribution in [0.1, 0.15) is 37.7 Å². The van der Waals surface area contributed by atoms with E-state index in [4.69, 9.17) is 9.84 Å². The van der Waals surface area contributed by atoms with Crippen LogP contribution in [0.3, 0.4) is 0 Å². The number of halogens is 1. The summed E-state index contributed by atoms with van der Waals surface area (Å²) >= 11 is 0. The minimum absolute atomic E-state index is 0.0373. The minimum Gasteiger partial charge on any atom is -0.501 e. The minimum atomic E-state index is -1.09. The highest BCUT2D eigenvalue weighted by Crippen LogP contribution is 2.30. The van der Waals surface area contributed by atoms with Crippen LogP contribution in [0.25, 0.3) is 5.57 Å². The zero-order valence-corrected chi connectivity index (χ0v) is 14.5. The molecule has 0 heterocycles. The first kappa shape index (κ1) is 17.9. The van der Waals surface area contributed by atoms with Gasteiger partial charge in [0.25, 0.3) is 5.91 Å². The second-order valence-corrected chi connectivity index (χ2v) is 6.28. The van der Waals surface area contributed by atoms with Gasteiger partial charge in [-0.2, -0.15) is 0 Å². The van der Waals surface area contributed by atoms with Gasteiger partial charge in [0.1, 0.15) is 5.82 Å². The van der Waals surface area contributed by atoms with Gasteiger partial charge >= 0.3 is 5.97 Å². The summed E-state index contributed by atoms with van der Waals surface area (Å²) in [6, 6.07) is 4.58. The van der Waals surface area contributed by atoms with Crippen LogP contribution in [0.2, 0.25) is 0 Å². The fraction of sp³-hybridized carbons (Fsp3) is 0.300. The fourth-order valence-corrected chi connectivity index (χ4v) is 3.26. The lowest BCUT2D eigenvalue weighted by Gasteiger charge is -2.14. The van der Waals surface area contributed by atoms with Gasteiger partial charge < -0.3 is 15.2 Å². The van der Waals surface area contributed by atoms with Crippen molar-refractivity contribution in [1.82, 2.24) is 0 Å². The van der Waals surface area contributed by atoms with E-state index in [-0.39, 0.29) is 16.8 Å². The van der Waals surface area contributed by atoms with Crippen molar-refractivity contribution in [3.63, 3.8) is 0 Å². The summed E-state index contributed by atoms with van der Waals surface area (Å²) < 4.78 is 19.7. The third kappa shape index (κ3) is 3.69. The van der Waals surface area contributed by atoms with Crippen LogP contribution >= 0.6 is 0 Å². The molecule has 0 unspecified atom stereocenters. The second kappa shape index (κ2) is 7.56. The SMILES string of the molecule is COC1=CC(c2ccc(NC(=O)C3=C(C(=O)O)CCC3)c(F)c2)=CCC1. The lowest BCUT2D eigenvalue weighted by Crippen LogP contribution is -2.17. The summed E-state index contributed by atoms with van der Waals surface area (Å²) in [7, 11) is 1.61. The number of carbonyl (C=O) groups is 2. The number of allylic oxidation sites excluding steroid dienone is 4. The molecule has 0 saturated heterocycles. The number of carboxylic acids is 1. The molecule has 26 heavy (non-hydrogen) atoms. The van der Waals surface area contributed by atoms with Gasteiger partial charge in [-0.3, -0.25) is 4.79 Å². The van der Waals surface area contributed by atoms with Crippen LogP contribution < -0.4 is 5.32 Å². The van der Waals surface area contributed by atoms with Gasteiger partial charge in [0.2, 0.25) is 0 Å². The average Bonchev–Trinajstić information content (AvgIpc) is 3.13. The third-order valence-electron chi connectivity index (χ3n) is 4.63. The summed E-state index contributed by atoms with van der Waals surface area (Å²) in [5, 5.41) is 11.6. The van der Waals surface area contributed by atoms with Crippen LogP contribution in [-0.4, -0.2) is 24.1 Å². The number of methoxy groups -OCH3 is 1. The quantitative estimate of drug-likeness (QED) is 0.834. The molecule has 0 spiro atoms. The molecular formula is C20H20FNO4. The van der Waals surface area contributed by atoms with Crippen molar-refractivity contribution in [3.05, 3.63) is 58.6 Å². The Labute approximate surface area is 150 Å². The van der Waals surface area contributed by atoms with E-state index >= 15 is 0 Å². The largest absolute Gasteiger partial charge is 0.501 e. The van der Waals surface area contributed by atoms with Gasteiger partial charge in [0.15, 0.2) is 0 Å². The molecule has 0 fully saturated rings. The van der Waals surface area contributed by atoms with Crippen molar-refractivity contribution in [2.45, 2.75) is 32.1 Å². The molecule has 0 saturated carbocycles. The first-order valence-corrected chi connectivity index (χ1v) is 8.51. The number of aliphatic carboxylic acids is 1. The van der Waals surface area contributed by atoms with E-state index in [1.165, 1.54) is 12.1 Å². The Hall–Kier alpha value is -2.89. The van der Waals surface area contributed by atoms with E-state index < -0.39 is 17.7 Å². The molecule has 5 nitrogen and oxygen atoms in total. The smallest absolute Gasteiger partial charge is 0.332 e. The Kier molecular flexibility index (Phi) is 5.21. The van der Waals surface area contributed by atoms with Gasteiger partial charge in [-0.25, -0.2) is 9.18 Å². The highest BCUT2D eigenvalue weighted by Gasteiger charge is 2.25. The third-order valence-corrected chi connectivity index (χ3v) is 4.63. The van der Waals surface area contributed by atoms with Gasteiger partial charge in [-0.15, -0.1) is 0 Å². The van der Waals surface area contributed by atoms with Gasteiger partial charge in [0, 0.05) is 17.6 Å². The summed E-state index contributed by atoms with van der Waals surface area (Å²) in [5.41, 5.74) is 1.94. The summed E-state index contributed by atoms with van der Waals surface area (Å²) in [6.45, 7) is 0. The molecule has 6 heteroatoms. The van der Waals surface area contributed by atoms with Crippen molar-refractivity contribution >= 4 is 23.1 Å². The van der Waals surface area contributed by atoms with E-state index in [1.54, 1.807) is 13.2 Å². The Bertz CT molecular complexity index is 851. The first-order valence-electron chi connectivity index (χ1n) is 8.51. The number of ether oxygens (including phenoxy) is 1. The standard InChI is InChI=1S/C20H20FNO4/c1-26-14-5-2-4-12(10-14)13-8-9-18(17(21)11-13)22-19(23)15-6-3-7-16(15)20(24)25/h4,8-11H,2-3,5-7H2,1H3,(H,22,23)(H,24,25). The van der Waals surface area contributed by atoms with Crippen LogP contribution in [0.15, 0.2) is 47.3 Å². The molecule has 136 valence electrons. The molecule has 1 aromatic rings. The molecule has 1 aromatic carbocycles. The Balaban J connectivity index is 1.80. The maximum Gasteiger partial charge on any atom is 0.332 e. The molecule has 2 aliphatic rings. The van der Waals surface area contributed by atoms with E-state index in [1.807, 2.05) is 12.2 Å². The second-order valence-electron chi connectivity index (χ2n) is 6.28. The average molecular weight is 357 g/mol. The molecule has 0 aromatic heterocycles. The van der Waals surface area contributed by atoms with Crippen LogP contribution in [0.5, 0.6) is 0 Å². The Morgan fingerprint density at radius 3 is 2.65 bits per heavy atom. The first-order chi connectivity index (χ1) is 12.5. The lowest BCUT2D eigenvalue weighted by atomic mass is 9.98. The molecule has 2 N–H and O–H groups in total. The van der Waals surface area contributed by atoms with Crippen molar-refractivity contribution < 1.29 is 23.8 Å². The Morgan fingerprint density at radius 1 is 1.19 bits per heavy atom.